The molecule has 5 atom stereocenters. The molecule has 29 heavy (non-hydrogen) atoms. The van der Waals surface area contributed by atoms with E-state index in [0.29, 0.717) is 42.0 Å². The molecule has 3 rings (SSSR count). The van der Waals surface area contributed by atoms with Crippen LogP contribution in [0.15, 0.2) is 24.3 Å². The maximum Gasteiger partial charge on any atom is 0.225 e. The van der Waals surface area contributed by atoms with Crippen molar-refractivity contribution >= 4 is 28.9 Å². The Balaban J connectivity index is 1.64. The number of thiocarbonyl (C=S) groups is 1. The number of amides is 1. The molecule has 1 aliphatic carbocycles. The van der Waals surface area contributed by atoms with Crippen LogP contribution in [0.1, 0.15) is 33.1 Å². The third-order valence-electron chi connectivity index (χ3n) is 6.55. The number of anilines is 1. The van der Waals surface area contributed by atoms with Gasteiger partial charge in [0.1, 0.15) is 5.75 Å². The number of rotatable bonds is 6. The molecule has 0 spiro atoms. The predicted octanol–water partition coefficient (Wildman–Crippen LogP) is 2.87. The van der Waals surface area contributed by atoms with Crippen LogP contribution in [0.25, 0.3) is 0 Å². The standard InChI is InChI=1S/C22H33N3O3S/c1-14-9-16-11-17(21(27)24-20(16)10-15(14)2)13-25(7-8-26)22(29)23-18-5-4-6-19(12-18)28-3/h4-6,12,14-17,20,26H,7-11,13H2,1-3H3,(H,23,29)(H,24,27). The van der Waals surface area contributed by atoms with Gasteiger partial charge in [0.25, 0.3) is 0 Å². The number of methoxy groups -OCH3 is 1. The molecule has 0 bridgehead atoms. The third kappa shape index (κ3) is 5.39. The maximum absolute atomic E-state index is 12.8. The highest BCUT2D eigenvalue weighted by molar-refractivity contribution is 7.80. The molecule has 1 heterocycles. The molecule has 0 radical (unpaired) electrons. The lowest BCUT2D eigenvalue weighted by atomic mass is 9.68. The number of carbonyl (C=O) groups excluding carboxylic acids is 1. The van der Waals surface area contributed by atoms with Gasteiger partial charge < -0.3 is 25.4 Å². The van der Waals surface area contributed by atoms with Crippen LogP contribution in [-0.4, -0.2) is 53.9 Å². The Kier molecular flexibility index (Phi) is 7.35. The summed E-state index contributed by atoms with van der Waals surface area (Å²) in [6.07, 6.45) is 3.12. The van der Waals surface area contributed by atoms with Crippen LogP contribution in [0.5, 0.6) is 5.75 Å². The summed E-state index contributed by atoms with van der Waals surface area (Å²) in [5, 5.41) is 16.5. The average Bonchev–Trinajstić information content (AvgIpc) is 2.69. The van der Waals surface area contributed by atoms with E-state index in [0.717, 1.165) is 30.7 Å². The van der Waals surface area contributed by atoms with Crippen molar-refractivity contribution in [1.82, 2.24) is 10.2 Å². The van der Waals surface area contributed by atoms with Crippen LogP contribution in [0, 0.1) is 23.7 Å². The van der Waals surface area contributed by atoms with Gasteiger partial charge in [-0.15, -0.1) is 0 Å². The number of aliphatic hydroxyl groups excluding tert-OH is 1. The smallest absolute Gasteiger partial charge is 0.225 e. The van der Waals surface area contributed by atoms with Crippen LogP contribution in [0.3, 0.4) is 0 Å². The number of ether oxygens (including phenoxy) is 1. The lowest BCUT2D eigenvalue weighted by Gasteiger charge is -2.45. The zero-order chi connectivity index (χ0) is 21.0. The summed E-state index contributed by atoms with van der Waals surface area (Å²) in [6.45, 7) is 5.48. The summed E-state index contributed by atoms with van der Waals surface area (Å²) in [5.74, 6) is 2.60. The highest BCUT2D eigenvalue weighted by Gasteiger charge is 2.41. The Morgan fingerprint density at radius 3 is 2.79 bits per heavy atom. The fraction of sp³-hybridized carbons (Fsp3) is 0.636. The number of piperidine rings is 1. The highest BCUT2D eigenvalue weighted by Crippen LogP contribution is 2.39. The number of nitrogens with zero attached hydrogens (tertiary/aromatic N) is 1. The van der Waals surface area contributed by atoms with Gasteiger partial charge in [-0.05, 0) is 61.4 Å². The van der Waals surface area contributed by atoms with Crippen molar-refractivity contribution in [2.75, 3.05) is 32.1 Å². The van der Waals surface area contributed by atoms with E-state index in [1.54, 1.807) is 7.11 Å². The van der Waals surface area contributed by atoms with Crippen molar-refractivity contribution in [3.8, 4) is 5.75 Å². The number of benzene rings is 1. The molecule has 1 aromatic rings. The van der Waals surface area contributed by atoms with Gasteiger partial charge in [0.2, 0.25) is 5.91 Å². The first-order valence-electron chi connectivity index (χ1n) is 10.5. The van der Waals surface area contributed by atoms with Gasteiger partial charge in [-0.2, -0.15) is 0 Å². The van der Waals surface area contributed by atoms with E-state index in [4.69, 9.17) is 17.0 Å². The summed E-state index contributed by atoms with van der Waals surface area (Å²) in [4.78, 5) is 14.7. The molecule has 0 aromatic heterocycles. The van der Waals surface area contributed by atoms with Crippen LogP contribution >= 0.6 is 12.2 Å². The van der Waals surface area contributed by atoms with Crippen LogP contribution in [0.4, 0.5) is 5.69 Å². The first-order chi connectivity index (χ1) is 13.9. The maximum atomic E-state index is 12.8. The molecule has 2 aliphatic rings. The summed E-state index contributed by atoms with van der Waals surface area (Å²) < 4.78 is 5.26. The van der Waals surface area contributed by atoms with Crippen LogP contribution < -0.4 is 15.4 Å². The molecule has 1 aliphatic heterocycles. The van der Waals surface area contributed by atoms with Crippen molar-refractivity contribution in [2.45, 2.75) is 39.2 Å². The minimum absolute atomic E-state index is 0.0190. The number of hydrogen-bond donors (Lipinski definition) is 3. The second-order valence-corrected chi connectivity index (χ2v) is 8.95. The molecule has 1 aromatic carbocycles. The first-order valence-corrected chi connectivity index (χ1v) is 10.9. The number of hydrogen-bond acceptors (Lipinski definition) is 4. The van der Waals surface area contributed by atoms with Crippen molar-refractivity contribution in [3.63, 3.8) is 0 Å². The van der Waals surface area contributed by atoms with Crippen LogP contribution in [0.2, 0.25) is 0 Å². The van der Waals surface area contributed by atoms with Gasteiger partial charge in [-0.1, -0.05) is 19.9 Å². The van der Waals surface area contributed by atoms with Gasteiger partial charge in [0, 0.05) is 30.9 Å². The molecule has 2 fully saturated rings. The minimum atomic E-state index is -0.117. The fourth-order valence-electron chi connectivity index (χ4n) is 4.63. The summed E-state index contributed by atoms with van der Waals surface area (Å²) in [5.41, 5.74) is 0.820. The molecular weight excluding hydrogens is 386 g/mol. The normalized spacial score (nSPS) is 28.8. The zero-order valence-corrected chi connectivity index (χ0v) is 18.4. The van der Waals surface area contributed by atoms with Crippen molar-refractivity contribution < 1.29 is 14.6 Å². The van der Waals surface area contributed by atoms with Gasteiger partial charge in [0.05, 0.1) is 19.6 Å². The summed E-state index contributed by atoms with van der Waals surface area (Å²) >= 11 is 5.59. The molecule has 6 nitrogen and oxygen atoms in total. The number of nitrogens with one attached hydrogen (secondary N) is 2. The summed E-state index contributed by atoms with van der Waals surface area (Å²) in [6, 6.07) is 7.84. The van der Waals surface area contributed by atoms with E-state index in [9.17, 15) is 9.90 Å². The van der Waals surface area contributed by atoms with E-state index < -0.39 is 0 Å². The monoisotopic (exact) mass is 419 g/mol. The van der Waals surface area contributed by atoms with Crippen LogP contribution in [-0.2, 0) is 4.79 Å². The topological polar surface area (TPSA) is 73.8 Å². The second-order valence-electron chi connectivity index (χ2n) is 8.57. The summed E-state index contributed by atoms with van der Waals surface area (Å²) in [7, 11) is 1.62. The molecule has 160 valence electrons. The lowest BCUT2D eigenvalue weighted by Crippen LogP contribution is -2.55. The molecule has 3 N–H and O–H groups in total. The molecule has 1 saturated heterocycles. The Morgan fingerprint density at radius 1 is 1.31 bits per heavy atom. The highest BCUT2D eigenvalue weighted by atomic mass is 32.1. The Hall–Kier alpha value is -1.86. The van der Waals surface area contributed by atoms with Gasteiger partial charge in [0.15, 0.2) is 5.11 Å². The first kappa shape index (κ1) is 21.8. The number of fused-ring (bicyclic) bond motifs is 1. The third-order valence-corrected chi connectivity index (χ3v) is 6.91. The fourth-order valence-corrected chi connectivity index (χ4v) is 4.92. The molecule has 1 amide bonds. The Morgan fingerprint density at radius 2 is 2.07 bits per heavy atom. The Labute approximate surface area is 179 Å². The van der Waals surface area contributed by atoms with E-state index in [-0.39, 0.29) is 18.4 Å². The van der Waals surface area contributed by atoms with E-state index in [1.165, 1.54) is 0 Å². The SMILES string of the molecule is COc1cccc(NC(=S)N(CCO)CC2CC3CC(C)C(C)CC3NC2=O)c1. The predicted molar refractivity (Wildman–Crippen MR) is 119 cm³/mol. The Bertz CT molecular complexity index is 729. The minimum Gasteiger partial charge on any atom is -0.497 e. The van der Waals surface area contributed by atoms with E-state index in [2.05, 4.69) is 24.5 Å². The zero-order valence-electron chi connectivity index (χ0n) is 17.6. The molecular formula is C22H33N3O3S. The van der Waals surface area contributed by atoms with Crippen molar-refractivity contribution in [3.05, 3.63) is 24.3 Å². The van der Waals surface area contributed by atoms with E-state index >= 15 is 0 Å². The van der Waals surface area contributed by atoms with Gasteiger partial charge in [-0.25, -0.2) is 0 Å². The average molecular weight is 420 g/mol. The molecule has 7 heteroatoms. The number of aliphatic hydroxyl groups is 1. The largest absolute Gasteiger partial charge is 0.497 e. The number of carbonyl (C=O) groups is 1. The van der Waals surface area contributed by atoms with Crippen molar-refractivity contribution in [2.24, 2.45) is 23.7 Å². The lowest BCUT2D eigenvalue weighted by molar-refractivity contribution is -0.131. The van der Waals surface area contributed by atoms with Crippen molar-refractivity contribution in [1.29, 1.82) is 0 Å². The van der Waals surface area contributed by atoms with Gasteiger partial charge >= 0.3 is 0 Å². The quantitative estimate of drug-likeness (QED) is 0.616. The molecule has 5 unspecified atom stereocenters. The second kappa shape index (κ2) is 9.76. The van der Waals surface area contributed by atoms with E-state index in [1.807, 2.05) is 29.2 Å². The van der Waals surface area contributed by atoms with Gasteiger partial charge in [-0.3, -0.25) is 4.79 Å². The molecule has 1 saturated carbocycles.